The molecule has 1 aromatic heterocycles. The summed E-state index contributed by atoms with van der Waals surface area (Å²) < 4.78 is 10.7. The SMILES string of the molecule is Cc1cc(NC(=O)C(C)(C)NC(=O)Oc2ccc(Cl)s2)ccc1N1C(=O)OC[C@H]1C. The molecule has 2 N–H and O–H groups in total. The van der Waals surface area contributed by atoms with E-state index in [-0.39, 0.29) is 6.04 Å². The lowest BCUT2D eigenvalue weighted by Gasteiger charge is -2.25. The second kappa shape index (κ2) is 8.53. The quantitative estimate of drug-likeness (QED) is 0.694. The first-order valence-electron chi connectivity index (χ1n) is 9.20. The second-order valence-electron chi connectivity index (χ2n) is 7.45. The highest BCUT2D eigenvalue weighted by molar-refractivity contribution is 7.17. The maximum Gasteiger partial charge on any atom is 0.414 e. The van der Waals surface area contributed by atoms with Crippen molar-refractivity contribution in [2.75, 3.05) is 16.8 Å². The third kappa shape index (κ3) is 4.85. The van der Waals surface area contributed by atoms with Crippen LogP contribution in [0.25, 0.3) is 0 Å². The smallest absolute Gasteiger partial charge is 0.414 e. The van der Waals surface area contributed by atoms with Crippen LogP contribution in [0, 0.1) is 6.92 Å². The molecule has 10 heteroatoms. The number of benzene rings is 1. The summed E-state index contributed by atoms with van der Waals surface area (Å²) in [6, 6.07) is 8.32. The Hall–Kier alpha value is -2.78. The summed E-state index contributed by atoms with van der Waals surface area (Å²) >= 11 is 6.92. The van der Waals surface area contributed by atoms with Crippen LogP contribution in [-0.4, -0.2) is 36.3 Å². The fourth-order valence-electron chi connectivity index (χ4n) is 2.92. The van der Waals surface area contributed by atoms with Crippen LogP contribution >= 0.6 is 22.9 Å². The molecule has 1 atom stereocenters. The molecule has 2 heterocycles. The van der Waals surface area contributed by atoms with Crippen LogP contribution < -0.4 is 20.3 Å². The van der Waals surface area contributed by atoms with Crippen LogP contribution in [0.1, 0.15) is 26.3 Å². The molecule has 0 saturated carbocycles. The predicted octanol–water partition coefficient (Wildman–Crippen LogP) is 4.56. The highest BCUT2D eigenvalue weighted by Crippen LogP contribution is 2.30. The van der Waals surface area contributed by atoms with Gasteiger partial charge in [0.25, 0.3) is 0 Å². The number of aryl methyl sites for hydroxylation is 1. The van der Waals surface area contributed by atoms with E-state index in [1.54, 1.807) is 49.1 Å². The van der Waals surface area contributed by atoms with Crippen LogP contribution in [0.5, 0.6) is 5.06 Å². The first-order valence-corrected chi connectivity index (χ1v) is 10.4. The Bertz CT molecular complexity index is 991. The number of carbonyl (C=O) groups is 3. The van der Waals surface area contributed by atoms with E-state index in [0.29, 0.717) is 21.7 Å². The van der Waals surface area contributed by atoms with Crippen molar-refractivity contribution >= 4 is 52.4 Å². The van der Waals surface area contributed by atoms with Crippen LogP contribution in [0.2, 0.25) is 4.34 Å². The summed E-state index contributed by atoms with van der Waals surface area (Å²) in [5.41, 5.74) is 0.824. The lowest BCUT2D eigenvalue weighted by molar-refractivity contribution is -0.121. The largest absolute Gasteiger partial charge is 0.447 e. The van der Waals surface area contributed by atoms with Crippen molar-refractivity contribution in [2.45, 2.75) is 39.3 Å². The van der Waals surface area contributed by atoms with Crippen molar-refractivity contribution in [3.63, 3.8) is 0 Å². The summed E-state index contributed by atoms with van der Waals surface area (Å²) in [6.45, 7) is 7.21. The molecule has 1 aliphatic heterocycles. The molecule has 0 bridgehead atoms. The summed E-state index contributed by atoms with van der Waals surface area (Å²) in [6.07, 6.45) is -1.15. The number of ether oxygens (including phenoxy) is 2. The molecule has 0 unspecified atom stereocenters. The molecule has 0 spiro atoms. The zero-order valence-electron chi connectivity index (χ0n) is 16.9. The van der Waals surface area contributed by atoms with Crippen LogP contribution in [0.3, 0.4) is 0 Å². The topological polar surface area (TPSA) is 97.0 Å². The van der Waals surface area contributed by atoms with Crippen LogP contribution in [-0.2, 0) is 9.53 Å². The number of amides is 3. The Morgan fingerprint density at radius 1 is 1.30 bits per heavy atom. The average Bonchev–Trinajstić information content (AvgIpc) is 3.20. The molecule has 8 nitrogen and oxygen atoms in total. The van der Waals surface area contributed by atoms with Gasteiger partial charge in [0.15, 0.2) is 5.06 Å². The highest BCUT2D eigenvalue weighted by Gasteiger charge is 2.33. The number of nitrogens with one attached hydrogen (secondary N) is 2. The van der Waals surface area contributed by atoms with Crippen molar-refractivity contribution in [3.05, 3.63) is 40.2 Å². The van der Waals surface area contributed by atoms with E-state index in [1.165, 1.54) is 0 Å². The van der Waals surface area contributed by atoms with Crippen LogP contribution in [0.15, 0.2) is 30.3 Å². The Kier molecular flexibility index (Phi) is 6.23. The molecule has 3 amide bonds. The van der Waals surface area contributed by atoms with Gasteiger partial charge in [0.05, 0.1) is 16.1 Å². The fourth-order valence-corrected chi connectivity index (χ4v) is 3.80. The van der Waals surface area contributed by atoms with E-state index >= 15 is 0 Å². The van der Waals surface area contributed by atoms with Gasteiger partial charge in [-0.1, -0.05) is 22.9 Å². The summed E-state index contributed by atoms with van der Waals surface area (Å²) in [4.78, 5) is 38.3. The third-order valence-electron chi connectivity index (χ3n) is 4.52. The number of thiophene rings is 1. The van der Waals surface area contributed by atoms with E-state index in [9.17, 15) is 14.4 Å². The van der Waals surface area contributed by atoms with Gasteiger partial charge in [0.1, 0.15) is 12.1 Å². The lowest BCUT2D eigenvalue weighted by atomic mass is 10.0. The Labute approximate surface area is 183 Å². The Balaban J connectivity index is 1.64. The van der Waals surface area contributed by atoms with Gasteiger partial charge in [-0.2, -0.15) is 0 Å². The van der Waals surface area contributed by atoms with Gasteiger partial charge in [-0.25, -0.2) is 9.59 Å². The monoisotopic (exact) mass is 451 g/mol. The van der Waals surface area contributed by atoms with Crippen molar-refractivity contribution in [3.8, 4) is 5.06 Å². The number of anilines is 2. The minimum Gasteiger partial charge on any atom is -0.447 e. The molecular formula is C20H22ClN3O5S. The van der Waals surface area contributed by atoms with E-state index < -0.39 is 23.6 Å². The summed E-state index contributed by atoms with van der Waals surface area (Å²) in [7, 11) is 0. The minimum absolute atomic E-state index is 0.0657. The van der Waals surface area contributed by atoms with E-state index in [1.807, 2.05) is 13.8 Å². The number of cyclic esters (lactones) is 1. The molecule has 30 heavy (non-hydrogen) atoms. The fraction of sp³-hybridized carbons (Fsp3) is 0.350. The van der Waals surface area contributed by atoms with Crippen LogP contribution in [0.4, 0.5) is 21.0 Å². The van der Waals surface area contributed by atoms with Gasteiger partial charge < -0.3 is 20.1 Å². The first kappa shape index (κ1) is 21.9. The average molecular weight is 452 g/mol. The third-order valence-corrected chi connectivity index (χ3v) is 5.63. The number of carbonyl (C=O) groups excluding carboxylic acids is 3. The van der Waals surface area contributed by atoms with Gasteiger partial charge in [-0.05, 0) is 63.6 Å². The molecule has 0 radical (unpaired) electrons. The molecule has 3 rings (SSSR count). The van der Waals surface area contributed by atoms with Gasteiger partial charge in [-0.15, -0.1) is 0 Å². The predicted molar refractivity (Wildman–Crippen MR) is 116 cm³/mol. The van der Waals surface area contributed by atoms with Gasteiger partial charge >= 0.3 is 12.2 Å². The molecule has 1 fully saturated rings. The number of halogens is 1. The standard InChI is InChI=1S/C20H22ClN3O5S/c1-11-9-13(5-6-14(11)24-12(2)10-28-19(24)27)22-17(25)20(3,4)23-18(26)29-16-8-7-15(21)30-16/h5-9,12H,10H2,1-4H3,(H,22,25)(H,23,26)/t12-/m1/s1. The van der Waals surface area contributed by atoms with Crippen molar-refractivity contribution in [1.82, 2.24) is 5.32 Å². The number of nitrogens with zero attached hydrogens (tertiary/aromatic N) is 1. The zero-order valence-corrected chi connectivity index (χ0v) is 18.5. The van der Waals surface area contributed by atoms with Crippen molar-refractivity contribution in [1.29, 1.82) is 0 Å². The summed E-state index contributed by atoms with van der Waals surface area (Å²) in [5.74, 6) is -0.426. The summed E-state index contributed by atoms with van der Waals surface area (Å²) in [5, 5.41) is 5.64. The Morgan fingerprint density at radius 3 is 2.60 bits per heavy atom. The lowest BCUT2D eigenvalue weighted by Crippen LogP contribution is -2.53. The number of hydrogen-bond acceptors (Lipinski definition) is 6. The molecule has 1 aromatic carbocycles. The minimum atomic E-state index is -1.24. The molecule has 1 aliphatic rings. The highest BCUT2D eigenvalue weighted by atomic mass is 35.5. The molecule has 0 aliphatic carbocycles. The maximum absolute atomic E-state index is 12.7. The van der Waals surface area contributed by atoms with Gasteiger partial charge in [0.2, 0.25) is 5.91 Å². The maximum atomic E-state index is 12.7. The number of hydrogen-bond donors (Lipinski definition) is 2. The van der Waals surface area contributed by atoms with Crippen molar-refractivity contribution < 1.29 is 23.9 Å². The first-order chi connectivity index (χ1) is 14.1. The molecule has 160 valence electrons. The molecule has 1 saturated heterocycles. The van der Waals surface area contributed by atoms with Gasteiger partial charge in [0, 0.05) is 5.69 Å². The van der Waals surface area contributed by atoms with E-state index in [2.05, 4.69) is 10.6 Å². The molecular weight excluding hydrogens is 430 g/mol. The van der Waals surface area contributed by atoms with Crippen molar-refractivity contribution in [2.24, 2.45) is 0 Å². The Morgan fingerprint density at radius 2 is 2.03 bits per heavy atom. The normalized spacial score (nSPS) is 16.2. The number of rotatable bonds is 5. The van der Waals surface area contributed by atoms with Gasteiger partial charge in [-0.3, -0.25) is 9.69 Å². The van der Waals surface area contributed by atoms with E-state index in [0.717, 1.165) is 22.6 Å². The molecule has 2 aromatic rings. The zero-order chi connectivity index (χ0) is 22.1. The second-order valence-corrected chi connectivity index (χ2v) is 9.13. The van der Waals surface area contributed by atoms with E-state index in [4.69, 9.17) is 21.1 Å².